The monoisotopic (exact) mass is 385 g/mol. The topological polar surface area (TPSA) is 78.0 Å². The summed E-state index contributed by atoms with van der Waals surface area (Å²) >= 11 is 1.45. The van der Waals surface area contributed by atoms with Crippen LogP contribution in [0, 0.1) is 5.41 Å². The Balaban J connectivity index is 1.96. The number of likely N-dealkylation sites (tertiary alicyclic amines) is 1. The van der Waals surface area contributed by atoms with Crippen molar-refractivity contribution in [1.82, 2.24) is 14.1 Å². The van der Waals surface area contributed by atoms with E-state index in [-0.39, 0.29) is 30.5 Å². The summed E-state index contributed by atoms with van der Waals surface area (Å²) in [6, 6.07) is 1.37. The van der Waals surface area contributed by atoms with Gasteiger partial charge in [-0.05, 0) is 24.3 Å². The highest BCUT2D eigenvalue weighted by atomic mass is 32.2. The molecule has 2 amide bonds. The molecule has 0 radical (unpaired) electrons. The van der Waals surface area contributed by atoms with Crippen LogP contribution in [0.1, 0.15) is 23.2 Å². The highest BCUT2D eigenvalue weighted by Gasteiger charge is 2.57. The first kappa shape index (κ1) is 18.3. The van der Waals surface area contributed by atoms with Crippen LogP contribution in [0.5, 0.6) is 0 Å². The number of hydrogen-bond acceptors (Lipinski definition) is 5. The van der Waals surface area contributed by atoms with Crippen LogP contribution in [0.2, 0.25) is 0 Å². The van der Waals surface area contributed by atoms with Crippen molar-refractivity contribution >= 4 is 33.2 Å². The maximum atomic E-state index is 13.0. The van der Waals surface area contributed by atoms with Gasteiger partial charge in [0.05, 0.1) is 16.7 Å². The zero-order valence-electron chi connectivity index (χ0n) is 14.6. The summed E-state index contributed by atoms with van der Waals surface area (Å²) in [5.41, 5.74) is -0.263. The lowest BCUT2D eigenvalue weighted by molar-refractivity contribution is -0.147. The molecule has 0 spiro atoms. The van der Waals surface area contributed by atoms with Gasteiger partial charge in [0.25, 0.3) is 5.91 Å². The van der Waals surface area contributed by atoms with Gasteiger partial charge in [-0.3, -0.25) is 9.59 Å². The number of fused-ring (bicyclic) bond motifs is 1. The van der Waals surface area contributed by atoms with E-state index in [1.165, 1.54) is 20.5 Å². The van der Waals surface area contributed by atoms with E-state index >= 15 is 0 Å². The first-order chi connectivity index (χ1) is 11.7. The van der Waals surface area contributed by atoms with Crippen molar-refractivity contribution in [2.24, 2.45) is 5.41 Å². The normalized spacial score (nSPS) is 29.1. The van der Waals surface area contributed by atoms with E-state index in [1.54, 1.807) is 37.5 Å². The minimum atomic E-state index is -3.35. The largest absolute Gasteiger partial charge is 0.348 e. The van der Waals surface area contributed by atoms with Gasteiger partial charge < -0.3 is 9.80 Å². The van der Waals surface area contributed by atoms with Crippen molar-refractivity contribution in [3.8, 4) is 0 Å². The smallest absolute Gasteiger partial charge is 0.254 e. The first-order valence-corrected chi connectivity index (χ1v) is 10.7. The molecule has 2 saturated heterocycles. The van der Waals surface area contributed by atoms with Gasteiger partial charge in [0, 0.05) is 45.7 Å². The Morgan fingerprint density at radius 2 is 2.08 bits per heavy atom. The number of thiophene rings is 1. The number of rotatable bonds is 2. The molecule has 138 valence electrons. The van der Waals surface area contributed by atoms with Crippen LogP contribution in [0.25, 0.3) is 0 Å². The van der Waals surface area contributed by atoms with Crippen LogP contribution in [0.3, 0.4) is 0 Å². The average Bonchev–Trinajstić information content (AvgIpc) is 3.11. The molecule has 2 fully saturated rings. The van der Waals surface area contributed by atoms with Gasteiger partial charge in [-0.2, -0.15) is 11.3 Å². The molecular weight excluding hydrogens is 362 g/mol. The van der Waals surface area contributed by atoms with Crippen molar-refractivity contribution in [1.29, 1.82) is 0 Å². The highest BCUT2D eigenvalue weighted by Crippen LogP contribution is 2.43. The molecule has 0 aliphatic carbocycles. The summed E-state index contributed by atoms with van der Waals surface area (Å²) in [6.45, 7) is 0.699. The highest BCUT2D eigenvalue weighted by molar-refractivity contribution is 7.89. The molecule has 0 bridgehead atoms. The molecule has 2 aliphatic rings. The summed E-state index contributed by atoms with van der Waals surface area (Å²) < 4.78 is 25.9. The molecule has 25 heavy (non-hydrogen) atoms. The van der Waals surface area contributed by atoms with Gasteiger partial charge in [0.2, 0.25) is 15.9 Å². The molecule has 0 unspecified atom stereocenters. The van der Waals surface area contributed by atoms with Gasteiger partial charge in [-0.25, -0.2) is 12.7 Å². The molecular formula is C16H23N3O4S2. The standard InChI is InChI=1S/C16H23N3O4S2/c1-17(2)15(21)16-6-9-25(22,23)18(3)13(16)4-7-19(11-16)14(20)12-5-8-24-10-12/h5,8,10,13H,4,6-7,9,11H2,1-3H3/t13-,16+/m1/s1. The van der Waals surface area contributed by atoms with Gasteiger partial charge in [0.15, 0.2) is 0 Å². The van der Waals surface area contributed by atoms with E-state index in [1.807, 2.05) is 5.38 Å². The van der Waals surface area contributed by atoms with E-state index in [9.17, 15) is 18.0 Å². The number of sulfonamides is 1. The maximum Gasteiger partial charge on any atom is 0.254 e. The molecule has 1 aromatic rings. The zero-order valence-corrected chi connectivity index (χ0v) is 16.3. The van der Waals surface area contributed by atoms with Gasteiger partial charge in [-0.15, -0.1) is 0 Å². The van der Waals surface area contributed by atoms with Crippen molar-refractivity contribution in [3.05, 3.63) is 22.4 Å². The van der Waals surface area contributed by atoms with Crippen molar-refractivity contribution in [3.63, 3.8) is 0 Å². The number of amides is 2. The fraction of sp³-hybridized carbons (Fsp3) is 0.625. The second-order valence-electron chi connectivity index (χ2n) is 6.98. The molecule has 2 atom stereocenters. The number of carbonyl (C=O) groups is 2. The molecule has 9 heteroatoms. The third-order valence-electron chi connectivity index (χ3n) is 5.35. The molecule has 3 rings (SSSR count). The van der Waals surface area contributed by atoms with Crippen molar-refractivity contribution in [2.45, 2.75) is 18.9 Å². The Bertz CT molecular complexity index is 775. The van der Waals surface area contributed by atoms with E-state index in [2.05, 4.69) is 0 Å². The van der Waals surface area contributed by atoms with Gasteiger partial charge in [0.1, 0.15) is 0 Å². The summed E-state index contributed by atoms with van der Waals surface area (Å²) in [6.07, 6.45) is 0.708. The lowest BCUT2D eigenvalue weighted by Gasteiger charge is -2.53. The Hall–Kier alpha value is -1.45. The number of nitrogens with zero attached hydrogens (tertiary/aromatic N) is 3. The molecule has 3 heterocycles. The summed E-state index contributed by atoms with van der Waals surface area (Å²) in [5.74, 6) is -0.274. The number of carbonyl (C=O) groups excluding carboxylic acids is 2. The van der Waals surface area contributed by atoms with Crippen LogP contribution in [-0.4, -0.2) is 80.4 Å². The SMILES string of the molecule is CN(C)C(=O)[C@]12CCS(=O)(=O)N(C)[C@@H]1CCN(C(=O)c1ccsc1)C2. The van der Waals surface area contributed by atoms with Gasteiger partial charge in [-0.1, -0.05) is 0 Å². The molecule has 0 N–H and O–H groups in total. The fourth-order valence-corrected chi connectivity index (χ4v) is 6.24. The molecule has 0 aromatic carbocycles. The zero-order chi connectivity index (χ0) is 18.4. The Kier molecular flexibility index (Phi) is 4.67. The minimum absolute atomic E-state index is 0.0694. The van der Waals surface area contributed by atoms with Crippen molar-refractivity contribution < 1.29 is 18.0 Å². The van der Waals surface area contributed by atoms with Gasteiger partial charge >= 0.3 is 0 Å². The lowest BCUT2D eigenvalue weighted by Crippen LogP contribution is -2.67. The Morgan fingerprint density at radius 3 is 2.68 bits per heavy atom. The van der Waals surface area contributed by atoms with Crippen molar-refractivity contribution in [2.75, 3.05) is 40.0 Å². The van der Waals surface area contributed by atoms with Crippen LogP contribution < -0.4 is 0 Å². The lowest BCUT2D eigenvalue weighted by atomic mass is 9.72. The Morgan fingerprint density at radius 1 is 1.36 bits per heavy atom. The van der Waals surface area contributed by atoms with E-state index in [0.717, 1.165) is 0 Å². The first-order valence-electron chi connectivity index (χ1n) is 8.18. The summed E-state index contributed by atoms with van der Waals surface area (Å²) in [7, 11) is 1.55. The van der Waals surface area contributed by atoms with Crippen LogP contribution >= 0.6 is 11.3 Å². The summed E-state index contributed by atoms with van der Waals surface area (Å²) in [5, 5.41) is 3.65. The molecule has 7 nitrogen and oxygen atoms in total. The fourth-order valence-electron chi connectivity index (χ4n) is 4.01. The molecule has 2 aliphatic heterocycles. The van der Waals surface area contributed by atoms with Crippen LogP contribution in [-0.2, 0) is 14.8 Å². The number of hydrogen-bond donors (Lipinski definition) is 0. The maximum absolute atomic E-state index is 13.0. The number of piperidine rings is 1. The van der Waals surface area contributed by atoms with E-state index in [0.29, 0.717) is 18.5 Å². The third-order valence-corrected chi connectivity index (χ3v) is 7.89. The van der Waals surface area contributed by atoms with Crippen LogP contribution in [0.15, 0.2) is 16.8 Å². The predicted octanol–water partition coefficient (Wildman–Crippen LogP) is 0.703. The van der Waals surface area contributed by atoms with E-state index in [4.69, 9.17) is 0 Å². The quantitative estimate of drug-likeness (QED) is 0.751. The second-order valence-corrected chi connectivity index (χ2v) is 9.91. The predicted molar refractivity (Wildman–Crippen MR) is 95.9 cm³/mol. The molecule has 1 aromatic heterocycles. The van der Waals surface area contributed by atoms with E-state index < -0.39 is 21.5 Å². The molecule has 0 saturated carbocycles. The summed E-state index contributed by atoms with van der Waals surface area (Å²) in [4.78, 5) is 29.0. The van der Waals surface area contributed by atoms with Crippen LogP contribution in [0.4, 0.5) is 0 Å². The Labute approximate surface area is 152 Å². The third kappa shape index (κ3) is 2.98. The second kappa shape index (κ2) is 6.37. The average molecular weight is 386 g/mol. The minimum Gasteiger partial charge on any atom is -0.348 e.